The number of benzene rings is 1. The number of halogens is 1. The van der Waals surface area contributed by atoms with Gasteiger partial charge in [0.15, 0.2) is 0 Å². The maximum atomic E-state index is 13.9. The minimum atomic E-state index is -1.50. The fourth-order valence-corrected chi connectivity index (χ4v) is 2.03. The summed E-state index contributed by atoms with van der Waals surface area (Å²) in [7, 11) is 0. The van der Waals surface area contributed by atoms with E-state index in [1.165, 1.54) is 13.8 Å². The molecule has 0 amide bonds. The number of hydrogen-bond acceptors (Lipinski definition) is 2. The Labute approximate surface area is 101 Å². The van der Waals surface area contributed by atoms with Crippen molar-refractivity contribution >= 4 is 5.97 Å². The molecule has 0 N–H and O–H groups in total. The lowest BCUT2D eigenvalue weighted by atomic mass is 9.89. The molecule has 0 bridgehead atoms. The van der Waals surface area contributed by atoms with E-state index in [9.17, 15) is 9.18 Å². The van der Waals surface area contributed by atoms with E-state index in [-0.39, 0.29) is 6.61 Å². The Morgan fingerprint density at radius 3 is 2.41 bits per heavy atom. The summed E-state index contributed by atoms with van der Waals surface area (Å²) in [6.07, 6.45) is 1.17. The first-order valence-electron chi connectivity index (χ1n) is 5.86. The molecule has 2 nitrogen and oxygen atoms in total. The molecule has 1 aliphatic carbocycles. The molecule has 0 saturated heterocycles. The van der Waals surface area contributed by atoms with Crippen molar-refractivity contribution in [3.8, 4) is 0 Å². The van der Waals surface area contributed by atoms with Gasteiger partial charge in [0.25, 0.3) is 0 Å². The minimum Gasteiger partial charge on any atom is -0.460 e. The standard InChI is InChI=1S/C14H17FO2/c1-13(2,15)14(8-9-14)12(16)17-10-11-6-4-3-5-7-11/h3-7H,8-10H2,1-2H3. The number of carbonyl (C=O) groups is 1. The maximum Gasteiger partial charge on any atom is 0.315 e. The predicted molar refractivity (Wildman–Crippen MR) is 63.1 cm³/mol. The zero-order valence-corrected chi connectivity index (χ0v) is 10.2. The van der Waals surface area contributed by atoms with Crippen LogP contribution in [0.5, 0.6) is 0 Å². The normalized spacial score (nSPS) is 17.6. The lowest BCUT2D eigenvalue weighted by Crippen LogP contribution is -2.36. The summed E-state index contributed by atoms with van der Waals surface area (Å²) in [4.78, 5) is 11.9. The zero-order chi connectivity index (χ0) is 12.5. The topological polar surface area (TPSA) is 26.3 Å². The molecule has 0 radical (unpaired) electrons. The second kappa shape index (κ2) is 4.13. The van der Waals surface area contributed by atoms with Gasteiger partial charge < -0.3 is 4.74 Å². The molecular weight excluding hydrogens is 219 g/mol. The molecule has 0 unspecified atom stereocenters. The lowest BCUT2D eigenvalue weighted by Gasteiger charge is -2.24. The van der Waals surface area contributed by atoms with Crippen LogP contribution in [0, 0.1) is 5.41 Å². The highest BCUT2D eigenvalue weighted by Gasteiger charge is 2.62. The SMILES string of the molecule is CC(C)(F)C1(C(=O)OCc2ccccc2)CC1. The Kier molecular flexibility index (Phi) is 2.94. The van der Waals surface area contributed by atoms with Gasteiger partial charge in [-0.1, -0.05) is 30.3 Å². The highest BCUT2D eigenvalue weighted by atomic mass is 19.1. The van der Waals surface area contributed by atoms with E-state index in [2.05, 4.69) is 0 Å². The van der Waals surface area contributed by atoms with E-state index in [1.807, 2.05) is 30.3 Å². The van der Waals surface area contributed by atoms with Gasteiger partial charge in [-0.2, -0.15) is 0 Å². The Morgan fingerprint density at radius 2 is 1.94 bits per heavy atom. The summed E-state index contributed by atoms with van der Waals surface area (Å²) in [5.41, 5.74) is -1.48. The average molecular weight is 236 g/mol. The quantitative estimate of drug-likeness (QED) is 0.750. The minimum absolute atomic E-state index is 0.220. The van der Waals surface area contributed by atoms with Crippen molar-refractivity contribution in [2.75, 3.05) is 0 Å². The summed E-state index contributed by atoms with van der Waals surface area (Å²) in [5.74, 6) is -0.408. The predicted octanol–water partition coefficient (Wildman–Crippen LogP) is 3.26. The third-order valence-electron chi connectivity index (χ3n) is 3.49. The second-order valence-electron chi connectivity index (χ2n) is 5.12. The highest BCUT2D eigenvalue weighted by molar-refractivity contribution is 5.81. The molecule has 17 heavy (non-hydrogen) atoms. The maximum absolute atomic E-state index is 13.9. The number of esters is 1. The molecule has 1 fully saturated rings. The fourth-order valence-electron chi connectivity index (χ4n) is 2.03. The number of alkyl halides is 1. The monoisotopic (exact) mass is 236 g/mol. The number of hydrogen-bond donors (Lipinski definition) is 0. The van der Waals surface area contributed by atoms with Crippen LogP contribution >= 0.6 is 0 Å². The van der Waals surface area contributed by atoms with Crippen LogP contribution in [-0.2, 0) is 16.1 Å². The van der Waals surface area contributed by atoms with Gasteiger partial charge in [0.1, 0.15) is 17.7 Å². The third-order valence-corrected chi connectivity index (χ3v) is 3.49. The van der Waals surface area contributed by atoms with Gasteiger partial charge in [0.2, 0.25) is 0 Å². The smallest absolute Gasteiger partial charge is 0.315 e. The average Bonchev–Trinajstić information content (AvgIpc) is 3.07. The van der Waals surface area contributed by atoms with E-state index >= 15 is 0 Å². The van der Waals surface area contributed by atoms with E-state index in [4.69, 9.17) is 4.74 Å². The number of rotatable bonds is 4. The van der Waals surface area contributed by atoms with Gasteiger partial charge in [-0.3, -0.25) is 4.79 Å². The summed E-state index contributed by atoms with van der Waals surface area (Å²) in [5, 5.41) is 0. The molecule has 92 valence electrons. The van der Waals surface area contributed by atoms with Crippen LogP contribution in [0.4, 0.5) is 4.39 Å². The lowest BCUT2D eigenvalue weighted by molar-refractivity contribution is -0.157. The molecular formula is C14H17FO2. The van der Waals surface area contributed by atoms with Crippen LogP contribution in [0.25, 0.3) is 0 Å². The molecule has 0 spiro atoms. The summed E-state index contributed by atoms with van der Waals surface area (Å²) in [6.45, 7) is 3.12. The van der Waals surface area contributed by atoms with Gasteiger partial charge in [-0.25, -0.2) is 4.39 Å². The molecule has 0 aromatic heterocycles. The van der Waals surface area contributed by atoms with Crippen molar-refractivity contribution in [2.24, 2.45) is 5.41 Å². The fraction of sp³-hybridized carbons (Fsp3) is 0.500. The molecule has 1 aromatic carbocycles. The van der Waals surface area contributed by atoms with Crippen LogP contribution in [0.1, 0.15) is 32.3 Å². The van der Waals surface area contributed by atoms with Crippen LogP contribution in [0.3, 0.4) is 0 Å². The first-order valence-corrected chi connectivity index (χ1v) is 5.86. The first-order chi connectivity index (χ1) is 7.96. The van der Waals surface area contributed by atoms with Crippen LogP contribution in [0.15, 0.2) is 30.3 Å². The van der Waals surface area contributed by atoms with E-state index < -0.39 is 17.1 Å². The zero-order valence-electron chi connectivity index (χ0n) is 10.2. The van der Waals surface area contributed by atoms with Crippen molar-refractivity contribution < 1.29 is 13.9 Å². The van der Waals surface area contributed by atoms with Gasteiger partial charge in [-0.15, -0.1) is 0 Å². The Morgan fingerprint density at radius 1 is 1.35 bits per heavy atom. The molecule has 1 saturated carbocycles. The van der Waals surface area contributed by atoms with Crippen molar-refractivity contribution in [2.45, 2.75) is 39.0 Å². The molecule has 2 rings (SSSR count). The Hall–Kier alpha value is -1.38. The number of carbonyl (C=O) groups excluding carboxylic acids is 1. The second-order valence-corrected chi connectivity index (χ2v) is 5.12. The van der Waals surface area contributed by atoms with Crippen molar-refractivity contribution in [1.82, 2.24) is 0 Å². The van der Waals surface area contributed by atoms with E-state index in [1.54, 1.807) is 0 Å². The van der Waals surface area contributed by atoms with Crippen LogP contribution < -0.4 is 0 Å². The van der Waals surface area contributed by atoms with Crippen LogP contribution in [-0.4, -0.2) is 11.6 Å². The Balaban J connectivity index is 1.95. The first kappa shape index (κ1) is 12.1. The van der Waals surface area contributed by atoms with Gasteiger partial charge >= 0.3 is 5.97 Å². The Bertz CT molecular complexity index is 402. The molecule has 0 aliphatic heterocycles. The van der Waals surface area contributed by atoms with Crippen molar-refractivity contribution in [3.05, 3.63) is 35.9 Å². The van der Waals surface area contributed by atoms with Crippen molar-refractivity contribution in [1.29, 1.82) is 0 Å². The van der Waals surface area contributed by atoms with Crippen molar-refractivity contribution in [3.63, 3.8) is 0 Å². The molecule has 0 heterocycles. The molecule has 1 aliphatic rings. The van der Waals surface area contributed by atoms with Gasteiger partial charge in [-0.05, 0) is 32.3 Å². The molecule has 0 atom stereocenters. The molecule has 1 aromatic rings. The number of ether oxygens (including phenoxy) is 1. The highest BCUT2D eigenvalue weighted by Crippen LogP contribution is 2.56. The van der Waals surface area contributed by atoms with Gasteiger partial charge in [0, 0.05) is 0 Å². The summed E-state index contributed by atoms with van der Waals surface area (Å²) >= 11 is 0. The molecule has 3 heteroatoms. The van der Waals surface area contributed by atoms with E-state index in [0.717, 1.165) is 5.56 Å². The van der Waals surface area contributed by atoms with Gasteiger partial charge in [0.05, 0.1) is 0 Å². The third kappa shape index (κ3) is 2.33. The largest absolute Gasteiger partial charge is 0.460 e. The van der Waals surface area contributed by atoms with E-state index in [0.29, 0.717) is 12.8 Å². The summed E-state index contributed by atoms with van der Waals surface area (Å²) in [6, 6.07) is 9.43. The van der Waals surface area contributed by atoms with Crippen LogP contribution in [0.2, 0.25) is 0 Å². The summed E-state index contributed by atoms with van der Waals surface area (Å²) < 4.78 is 19.1.